The fraction of sp³-hybridized carbons (Fsp3) is 0.176. The standard InChI is InChI=1S/C17H17N5OS/c1-22(2)11-12-6-8-13(9-7-12)15(23)19-17-21-20-16(24-17)14-5-3-4-10-18-14/h3-10H,11H2,1-2H3,(H,19,21,23). The first kappa shape index (κ1) is 16.2. The molecule has 0 aliphatic carbocycles. The van der Waals surface area contributed by atoms with E-state index in [4.69, 9.17) is 0 Å². The normalized spacial score (nSPS) is 10.8. The van der Waals surface area contributed by atoms with E-state index in [2.05, 4.69) is 25.4 Å². The zero-order valence-corrected chi connectivity index (χ0v) is 14.2. The second kappa shape index (κ2) is 7.29. The molecule has 0 fully saturated rings. The first-order chi connectivity index (χ1) is 11.6. The lowest BCUT2D eigenvalue weighted by atomic mass is 10.1. The fourth-order valence-corrected chi connectivity index (χ4v) is 2.88. The van der Waals surface area contributed by atoms with Gasteiger partial charge in [-0.3, -0.25) is 15.1 Å². The lowest BCUT2D eigenvalue weighted by Gasteiger charge is -2.09. The Labute approximate surface area is 144 Å². The number of anilines is 1. The molecule has 0 saturated carbocycles. The summed E-state index contributed by atoms with van der Waals surface area (Å²) in [6, 6.07) is 13.1. The molecule has 7 heteroatoms. The first-order valence-electron chi connectivity index (χ1n) is 7.42. The molecule has 0 saturated heterocycles. The van der Waals surface area contributed by atoms with Crippen LogP contribution in [0.4, 0.5) is 5.13 Å². The van der Waals surface area contributed by atoms with Crippen molar-refractivity contribution in [3.05, 3.63) is 59.8 Å². The fourth-order valence-electron chi connectivity index (χ4n) is 2.16. The second-order valence-electron chi connectivity index (χ2n) is 5.52. The topological polar surface area (TPSA) is 71.0 Å². The van der Waals surface area contributed by atoms with Gasteiger partial charge in [0, 0.05) is 18.3 Å². The number of nitrogens with one attached hydrogen (secondary N) is 1. The molecular weight excluding hydrogens is 322 g/mol. The van der Waals surface area contributed by atoms with Crippen LogP contribution in [0.25, 0.3) is 10.7 Å². The smallest absolute Gasteiger partial charge is 0.257 e. The van der Waals surface area contributed by atoms with Crippen LogP contribution in [0.15, 0.2) is 48.7 Å². The molecule has 24 heavy (non-hydrogen) atoms. The third kappa shape index (κ3) is 4.01. The molecule has 0 bridgehead atoms. The molecule has 0 aliphatic rings. The molecule has 2 heterocycles. The van der Waals surface area contributed by atoms with Crippen molar-refractivity contribution >= 4 is 22.4 Å². The molecule has 0 atom stereocenters. The van der Waals surface area contributed by atoms with Crippen LogP contribution in [0.3, 0.4) is 0 Å². The summed E-state index contributed by atoms with van der Waals surface area (Å²) in [4.78, 5) is 18.6. The highest BCUT2D eigenvalue weighted by molar-refractivity contribution is 7.18. The van der Waals surface area contributed by atoms with Gasteiger partial charge in [0.25, 0.3) is 5.91 Å². The predicted molar refractivity (Wildman–Crippen MR) is 94.9 cm³/mol. The minimum Gasteiger partial charge on any atom is -0.305 e. The highest BCUT2D eigenvalue weighted by Crippen LogP contribution is 2.24. The highest BCUT2D eigenvalue weighted by atomic mass is 32.1. The summed E-state index contributed by atoms with van der Waals surface area (Å²) in [7, 11) is 4.02. The van der Waals surface area contributed by atoms with E-state index in [-0.39, 0.29) is 5.91 Å². The van der Waals surface area contributed by atoms with Crippen molar-refractivity contribution in [2.75, 3.05) is 19.4 Å². The summed E-state index contributed by atoms with van der Waals surface area (Å²) >= 11 is 1.30. The number of aromatic nitrogens is 3. The van der Waals surface area contributed by atoms with Crippen LogP contribution >= 0.6 is 11.3 Å². The molecule has 1 amide bonds. The second-order valence-corrected chi connectivity index (χ2v) is 6.49. The minimum atomic E-state index is -0.199. The van der Waals surface area contributed by atoms with Crippen molar-refractivity contribution in [3.8, 4) is 10.7 Å². The van der Waals surface area contributed by atoms with Gasteiger partial charge in [0.1, 0.15) is 5.69 Å². The number of nitrogens with zero attached hydrogens (tertiary/aromatic N) is 4. The van der Waals surface area contributed by atoms with Crippen LogP contribution in [0.5, 0.6) is 0 Å². The maximum atomic E-state index is 12.3. The van der Waals surface area contributed by atoms with Gasteiger partial charge in [0.2, 0.25) is 5.13 Å². The molecule has 3 rings (SSSR count). The number of rotatable bonds is 5. The zero-order valence-electron chi connectivity index (χ0n) is 13.4. The SMILES string of the molecule is CN(C)Cc1ccc(C(=O)Nc2nnc(-c3ccccn3)s2)cc1. The summed E-state index contributed by atoms with van der Waals surface area (Å²) < 4.78 is 0. The van der Waals surface area contributed by atoms with Gasteiger partial charge in [0.05, 0.1) is 0 Å². The molecule has 0 aliphatic heterocycles. The molecule has 0 radical (unpaired) electrons. The minimum absolute atomic E-state index is 0.199. The van der Waals surface area contributed by atoms with Gasteiger partial charge in [-0.1, -0.05) is 29.5 Å². The van der Waals surface area contributed by atoms with Crippen LogP contribution in [-0.4, -0.2) is 40.1 Å². The Morgan fingerprint density at radius 3 is 2.58 bits per heavy atom. The van der Waals surface area contributed by atoms with Gasteiger partial charge in [-0.2, -0.15) is 0 Å². The van der Waals surface area contributed by atoms with E-state index in [1.54, 1.807) is 6.20 Å². The van der Waals surface area contributed by atoms with Gasteiger partial charge in [-0.25, -0.2) is 0 Å². The number of carbonyl (C=O) groups is 1. The Hall–Kier alpha value is -2.64. The van der Waals surface area contributed by atoms with Crippen LogP contribution < -0.4 is 5.32 Å². The molecule has 1 N–H and O–H groups in total. The van der Waals surface area contributed by atoms with E-state index in [0.29, 0.717) is 15.7 Å². The molecular formula is C17H17N5OS. The Balaban J connectivity index is 1.68. The number of carbonyl (C=O) groups excluding carboxylic acids is 1. The number of amides is 1. The maximum Gasteiger partial charge on any atom is 0.257 e. The lowest BCUT2D eigenvalue weighted by Crippen LogP contribution is -2.13. The molecule has 0 unspecified atom stereocenters. The Kier molecular flexibility index (Phi) is 4.93. The maximum absolute atomic E-state index is 12.3. The largest absolute Gasteiger partial charge is 0.305 e. The van der Waals surface area contributed by atoms with E-state index in [0.717, 1.165) is 17.8 Å². The number of pyridine rings is 1. The molecule has 6 nitrogen and oxygen atoms in total. The molecule has 1 aromatic carbocycles. The Morgan fingerprint density at radius 2 is 1.92 bits per heavy atom. The highest BCUT2D eigenvalue weighted by Gasteiger charge is 2.11. The average molecular weight is 339 g/mol. The lowest BCUT2D eigenvalue weighted by molar-refractivity contribution is 0.102. The third-order valence-electron chi connectivity index (χ3n) is 3.24. The van der Waals surface area contributed by atoms with Crippen LogP contribution in [0, 0.1) is 0 Å². The van der Waals surface area contributed by atoms with E-state index in [1.165, 1.54) is 11.3 Å². The Bertz CT molecular complexity index is 815. The van der Waals surface area contributed by atoms with E-state index in [9.17, 15) is 4.79 Å². The average Bonchev–Trinajstić information content (AvgIpc) is 3.04. The van der Waals surface area contributed by atoms with Gasteiger partial charge >= 0.3 is 0 Å². The molecule has 3 aromatic rings. The van der Waals surface area contributed by atoms with Crippen molar-refractivity contribution in [3.63, 3.8) is 0 Å². The van der Waals surface area contributed by atoms with Crippen molar-refractivity contribution in [2.24, 2.45) is 0 Å². The predicted octanol–water partition coefficient (Wildman–Crippen LogP) is 2.91. The van der Waals surface area contributed by atoms with Gasteiger partial charge < -0.3 is 4.90 Å². The molecule has 122 valence electrons. The zero-order chi connectivity index (χ0) is 16.9. The van der Waals surface area contributed by atoms with Crippen LogP contribution in [0.2, 0.25) is 0 Å². The summed E-state index contributed by atoms with van der Waals surface area (Å²) in [5.74, 6) is -0.199. The van der Waals surface area contributed by atoms with Crippen molar-refractivity contribution < 1.29 is 4.79 Å². The van der Waals surface area contributed by atoms with E-state index in [1.807, 2.05) is 56.6 Å². The first-order valence-corrected chi connectivity index (χ1v) is 8.23. The molecule has 2 aromatic heterocycles. The van der Waals surface area contributed by atoms with Crippen molar-refractivity contribution in [1.82, 2.24) is 20.1 Å². The van der Waals surface area contributed by atoms with E-state index >= 15 is 0 Å². The Morgan fingerprint density at radius 1 is 1.12 bits per heavy atom. The van der Waals surface area contributed by atoms with Gasteiger partial charge in [0.15, 0.2) is 5.01 Å². The summed E-state index contributed by atoms with van der Waals surface area (Å²) in [6.07, 6.45) is 1.70. The summed E-state index contributed by atoms with van der Waals surface area (Å²) in [5, 5.41) is 12.0. The van der Waals surface area contributed by atoms with Crippen LogP contribution in [0.1, 0.15) is 15.9 Å². The van der Waals surface area contributed by atoms with Crippen molar-refractivity contribution in [2.45, 2.75) is 6.54 Å². The number of benzene rings is 1. The summed E-state index contributed by atoms with van der Waals surface area (Å²) in [6.45, 7) is 0.839. The van der Waals surface area contributed by atoms with E-state index < -0.39 is 0 Å². The van der Waals surface area contributed by atoms with Gasteiger partial charge in [-0.05, 0) is 43.9 Å². The number of hydrogen-bond donors (Lipinski definition) is 1. The van der Waals surface area contributed by atoms with Crippen molar-refractivity contribution in [1.29, 1.82) is 0 Å². The molecule has 0 spiro atoms. The number of hydrogen-bond acceptors (Lipinski definition) is 6. The van der Waals surface area contributed by atoms with Crippen LogP contribution in [-0.2, 0) is 6.54 Å². The third-order valence-corrected chi connectivity index (χ3v) is 4.11. The monoisotopic (exact) mass is 339 g/mol. The van der Waals surface area contributed by atoms with Gasteiger partial charge in [-0.15, -0.1) is 10.2 Å². The summed E-state index contributed by atoms with van der Waals surface area (Å²) in [5.41, 5.74) is 2.49. The quantitative estimate of drug-likeness (QED) is 0.774.